The van der Waals surface area contributed by atoms with Crippen LogP contribution in [0.2, 0.25) is 0 Å². The summed E-state index contributed by atoms with van der Waals surface area (Å²) < 4.78 is 23.3. The summed E-state index contributed by atoms with van der Waals surface area (Å²) >= 11 is 0. The lowest BCUT2D eigenvalue weighted by atomic mass is 10.2. The highest BCUT2D eigenvalue weighted by Crippen LogP contribution is 2.19. The van der Waals surface area contributed by atoms with Crippen molar-refractivity contribution < 1.29 is 23.8 Å². The highest BCUT2D eigenvalue weighted by molar-refractivity contribution is 6.01. The number of aliphatic imine (C=N–C) groups is 2. The SMILES string of the molecule is Cc1cc(N=C(NO)c2nonc2NCCN=C(N)CC(=O)OC(C)(C)C)ccc1F. The number of ether oxygens (including phenoxy) is 1. The third-order valence-electron chi connectivity index (χ3n) is 3.67. The van der Waals surface area contributed by atoms with Crippen LogP contribution in [0.5, 0.6) is 0 Å². The van der Waals surface area contributed by atoms with Crippen LogP contribution in [0.1, 0.15) is 38.4 Å². The van der Waals surface area contributed by atoms with E-state index in [1.54, 1.807) is 27.7 Å². The summed E-state index contributed by atoms with van der Waals surface area (Å²) in [7, 11) is 0. The van der Waals surface area contributed by atoms with Gasteiger partial charge in [-0.1, -0.05) is 0 Å². The number of esters is 1. The van der Waals surface area contributed by atoms with Gasteiger partial charge in [0, 0.05) is 6.54 Å². The number of hydrogen-bond donors (Lipinski definition) is 4. The van der Waals surface area contributed by atoms with Gasteiger partial charge in [-0.15, -0.1) is 0 Å². The molecule has 0 spiro atoms. The molecule has 0 atom stereocenters. The highest BCUT2D eigenvalue weighted by Gasteiger charge is 2.18. The molecule has 0 bridgehead atoms. The third kappa shape index (κ3) is 7.66. The molecule has 0 amide bonds. The van der Waals surface area contributed by atoms with E-state index in [2.05, 4.69) is 25.6 Å². The summed E-state index contributed by atoms with van der Waals surface area (Å²) in [5, 5.41) is 19.8. The Morgan fingerprint density at radius 3 is 2.74 bits per heavy atom. The number of aryl methyl sites for hydroxylation is 1. The lowest BCUT2D eigenvalue weighted by Gasteiger charge is -2.19. The van der Waals surface area contributed by atoms with Crippen molar-refractivity contribution in [3.05, 3.63) is 35.3 Å². The number of benzene rings is 1. The molecule has 5 N–H and O–H groups in total. The number of carbonyl (C=O) groups is 1. The van der Waals surface area contributed by atoms with Crippen LogP contribution in [0.4, 0.5) is 15.9 Å². The van der Waals surface area contributed by atoms with Crippen molar-refractivity contribution in [1.29, 1.82) is 0 Å². The van der Waals surface area contributed by atoms with E-state index in [0.29, 0.717) is 11.3 Å². The number of hydrogen-bond acceptors (Lipinski definition) is 9. The van der Waals surface area contributed by atoms with E-state index < -0.39 is 11.6 Å². The molecule has 0 aliphatic heterocycles. The molecule has 12 heteroatoms. The molecule has 2 aromatic rings. The summed E-state index contributed by atoms with van der Waals surface area (Å²) in [5.41, 5.74) is 7.98. The van der Waals surface area contributed by atoms with Gasteiger partial charge in [-0.3, -0.25) is 20.5 Å². The van der Waals surface area contributed by atoms with Crippen molar-refractivity contribution in [1.82, 2.24) is 15.8 Å². The van der Waals surface area contributed by atoms with E-state index in [9.17, 15) is 14.4 Å². The maximum atomic E-state index is 13.4. The number of rotatable bonds is 8. The van der Waals surface area contributed by atoms with Gasteiger partial charge in [-0.05, 0) is 61.8 Å². The Morgan fingerprint density at radius 2 is 2.10 bits per heavy atom. The Balaban J connectivity index is 1.97. The van der Waals surface area contributed by atoms with Gasteiger partial charge in [-0.2, -0.15) is 0 Å². The molecule has 2 rings (SSSR count). The molecule has 0 aliphatic carbocycles. The molecular weight excluding hydrogens is 409 g/mol. The van der Waals surface area contributed by atoms with Crippen molar-refractivity contribution in [2.75, 3.05) is 18.4 Å². The summed E-state index contributed by atoms with van der Waals surface area (Å²) in [5.74, 6) is -0.548. The first-order valence-corrected chi connectivity index (χ1v) is 9.41. The van der Waals surface area contributed by atoms with E-state index in [1.165, 1.54) is 18.2 Å². The molecule has 168 valence electrons. The van der Waals surface area contributed by atoms with E-state index in [-0.39, 0.29) is 48.5 Å². The zero-order valence-corrected chi connectivity index (χ0v) is 17.8. The molecule has 0 radical (unpaired) electrons. The maximum Gasteiger partial charge on any atom is 0.313 e. The minimum atomic E-state index is -0.595. The predicted octanol–water partition coefficient (Wildman–Crippen LogP) is 2.08. The third-order valence-corrected chi connectivity index (χ3v) is 3.67. The van der Waals surface area contributed by atoms with Crippen LogP contribution >= 0.6 is 0 Å². The fourth-order valence-electron chi connectivity index (χ4n) is 2.37. The molecule has 0 unspecified atom stereocenters. The quantitative estimate of drug-likeness (QED) is 0.160. The van der Waals surface area contributed by atoms with Crippen molar-refractivity contribution in [2.24, 2.45) is 15.7 Å². The first kappa shape index (κ1) is 23.7. The number of halogens is 1. The fraction of sp³-hybridized carbons (Fsp3) is 0.421. The van der Waals surface area contributed by atoms with Crippen molar-refractivity contribution in [3.8, 4) is 0 Å². The van der Waals surface area contributed by atoms with Gasteiger partial charge in [0.1, 0.15) is 23.7 Å². The van der Waals surface area contributed by atoms with Crippen LogP contribution < -0.4 is 16.5 Å². The van der Waals surface area contributed by atoms with Gasteiger partial charge in [0.15, 0.2) is 11.5 Å². The van der Waals surface area contributed by atoms with Crippen LogP contribution in [0.25, 0.3) is 0 Å². The van der Waals surface area contributed by atoms with Crippen molar-refractivity contribution >= 4 is 29.1 Å². The lowest BCUT2D eigenvalue weighted by Crippen LogP contribution is -2.27. The molecule has 0 fully saturated rings. The first-order valence-electron chi connectivity index (χ1n) is 9.41. The minimum Gasteiger partial charge on any atom is -0.460 e. The smallest absolute Gasteiger partial charge is 0.313 e. The summed E-state index contributed by atoms with van der Waals surface area (Å²) in [6.45, 7) is 7.41. The molecule has 1 aromatic heterocycles. The largest absolute Gasteiger partial charge is 0.460 e. The van der Waals surface area contributed by atoms with Gasteiger partial charge in [0.05, 0.1) is 12.2 Å². The molecule has 0 aliphatic rings. The number of hydroxylamine groups is 1. The highest BCUT2D eigenvalue weighted by atomic mass is 19.1. The van der Waals surface area contributed by atoms with Gasteiger partial charge in [-0.25, -0.2) is 14.0 Å². The number of nitrogens with two attached hydrogens (primary N) is 1. The van der Waals surface area contributed by atoms with Gasteiger partial charge in [0.25, 0.3) is 0 Å². The Morgan fingerprint density at radius 1 is 1.35 bits per heavy atom. The van der Waals surface area contributed by atoms with E-state index in [0.717, 1.165) is 0 Å². The Bertz CT molecular complexity index is 966. The number of nitrogens with zero attached hydrogens (tertiary/aromatic N) is 4. The van der Waals surface area contributed by atoms with Gasteiger partial charge < -0.3 is 15.8 Å². The zero-order valence-electron chi connectivity index (χ0n) is 17.8. The Hall–Kier alpha value is -3.54. The number of amidine groups is 2. The zero-order chi connectivity index (χ0) is 23.0. The average Bonchev–Trinajstić information content (AvgIpc) is 3.12. The number of anilines is 1. The van der Waals surface area contributed by atoms with E-state index >= 15 is 0 Å². The predicted molar refractivity (Wildman–Crippen MR) is 112 cm³/mol. The van der Waals surface area contributed by atoms with E-state index in [1.807, 2.05) is 5.48 Å². The second-order valence-electron chi connectivity index (χ2n) is 7.53. The monoisotopic (exact) mass is 435 g/mol. The van der Waals surface area contributed by atoms with Crippen LogP contribution in [0.3, 0.4) is 0 Å². The van der Waals surface area contributed by atoms with E-state index in [4.69, 9.17) is 15.1 Å². The molecule has 1 heterocycles. The number of carbonyl (C=O) groups excluding carboxylic acids is 1. The average molecular weight is 435 g/mol. The number of aromatic nitrogens is 2. The molecule has 31 heavy (non-hydrogen) atoms. The van der Waals surface area contributed by atoms with Crippen molar-refractivity contribution in [3.63, 3.8) is 0 Å². The molecule has 0 saturated carbocycles. The fourth-order valence-corrected chi connectivity index (χ4v) is 2.37. The second-order valence-corrected chi connectivity index (χ2v) is 7.53. The topological polar surface area (TPSA) is 160 Å². The maximum absolute atomic E-state index is 13.4. The first-order chi connectivity index (χ1) is 14.6. The lowest BCUT2D eigenvalue weighted by molar-refractivity contribution is -0.153. The van der Waals surface area contributed by atoms with Gasteiger partial charge >= 0.3 is 5.97 Å². The van der Waals surface area contributed by atoms with Gasteiger partial charge in [0.2, 0.25) is 5.82 Å². The molecule has 0 saturated heterocycles. The van der Waals surface area contributed by atoms with Crippen LogP contribution in [-0.2, 0) is 9.53 Å². The number of nitrogens with one attached hydrogen (secondary N) is 2. The summed E-state index contributed by atoms with van der Waals surface area (Å²) in [6.07, 6.45) is -0.115. The van der Waals surface area contributed by atoms with Crippen LogP contribution in [0.15, 0.2) is 32.8 Å². The molecule has 1 aromatic carbocycles. The molecule has 11 nitrogen and oxygen atoms in total. The van der Waals surface area contributed by atoms with Crippen LogP contribution in [0, 0.1) is 12.7 Å². The summed E-state index contributed by atoms with van der Waals surface area (Å²) in [6, 6.07) is 4.22. The second kappa shape index (κ2) is 10.5. The van der Waals surface area contributed by atoms with Crippen molar-refractivity contribution in [2.45, 2.75) is 39.7 Å². The Labute approximate surface area is 178 Å². The molecular formula is C19H26FN7O4. The standard InChI is InChI=1S/C19H26FN7O4/c1-11-9-12(5-6-13(11)20)24-18(25-29)16-17(27-31-26-16)23-8-7-22-14(21)10-15(28)30-19(2,3)4/h5-6,9,29H,7-8,10H2,1-4H3,(H2,21,22)(H,23,27)(H,24,25). The Kier molecular flexibility index (Phi) is 8.02. The minimum absolute atomic E-state index is 0.0531. The normalized spacial score (nSPS) is 12.6. The summed E-state index contributed by atoms with van der Waals surface area (Å²) in [4.78, 5) is 20.0. The van der Waals surface area contributed by atoms with Crippen LogP contribution in [-0.4, -0.2) is 51.9 Å².